The monoisotopic (exact) mass is 230 g/mol. The maximum absolute atomic E-state index is 5.39. The van der Waals surface area contributed by atoms with E-state index >= 15 is 0 Å². The van der Waals surface area contributed by atoms with Gasteiger partial charge in [0.2, 0.25) is 0 Å². The van der Waals surface area contributed by atoms with Gasteiger partial charge in [-0.2, -0.15) is 0 Å². The van der Waals surface area contributed by atoms with Gasteiger partial charge >= 0.3 is 0 Å². The quantitative estimate of drug-likeness (QED) is 0.619. The molecule has 0 fully saturated rings. The molecule has 0 saturated heterocycles. The van der Waals surface area contributed by atoms with E-state index in [1.807, 2.05) is 31.2 Å². The molecule has 5 nitrogen and oxygen atoms in total. The second-order valence-electron chi connectivity index (χ2n) is 3.36. The number of nitrogen functional groups attached to an aromatic ring is 1. The Morgan fingerprint density at radius 3 is 2.53 bits per heavy atom. The van der Waals surface area contributed by atoms with Crippen LogP contribution in [0.4, 0.5) is 5.82 Å². The minimum atomic E-state index is 0.552. The molecule has 1 aromatic heterocycles. The fraction of sp³-hybridized carbons (Fsp3) is 0.167. The second kappa shape index (κ2) is 5.27. The van der Waals surface area contributed by atoms with Crippen molar-refractivity contribution in [2.45, 2.75) is 6.92 Å². The molecule has 0 atom stereocenters. The van der Waals surface area contributed by atoms with Gasteiger partial charge in [-0.05, 0) is 31.2 Å². The van der Waals surface area contributed by atoms with Crippen molar-refractivity contribution in [1.29, 1.82) is 0 Å². The molecule has 0 aliphatic rings. The molecule has 0 aliphatic carbocycles. The zero-order valence-corrected chi connectivity index (χ0v) is 9.55. The van der Waals surface area contributed by atoms with Crippen LogP contribution in [0.5, 0.6) is 5.75 Å². The Bertz CT molecular complexity index is 484. The maximum Gasteiger partial charge on any atom is 0.166 e. The molecule has 0 saturated carbocycles. The summed E-state index contributed by atoms with van der Waals surface area (Å²) >= 11 is 0. The number of hydrogen-bond acceptors (Lipinski definition) is 5. The average Bonchev–Trinajstić information content (AvgIpc) is 2.40. The Morgan fingerprint density at radius 2 is 1.88 bits per heavy atom. The molecule has 2 aromatic rings. The zero-order valence-electron chi connectivity index (χ0n) is 9.55. The van der Waals surface area contributed by atoms with Gasteiger partial charge in [-0.1, -0.05) is 0 Å². The Morgan fingerprint density at radius 1 is 1.18 bits per heavy atom. The topological polar surface area (TPSA) is 73.1 Å². The minimum Gasteiger partial charge on any atom is -0.494 e. The van der Waals surface area contributed by atoms with Gasteiger partial charge in [-0.25, -0.2) is 10.8 Å². The Hall–Kier alpha value is -2.14. The van der Waals surface area contributed by atoms with Gasteiger partial charge in [-0.15, -0.1) is 0 Å². The third-order valence-corrected chi connectivity index (χ3v) is 2.27. The minimum absolute atomic E-state index is 0.552. The number of nitrogens with zero attached hydrogens (tertiary/aromatic N) is 2. The van der Waals surface area contributed by atoms with Crippen LogP contribution in [0.25, 0.3) is 11.3 Å². The Kier molecular flexibility index (Phi) is 3.52. The molecular weight excluding hydrogens is 216 g/mol. The smallest absolute Gasteiger partial charge is 0.166 e. The number of benzene rings is 1. The average molecular weight is 230 g/mol. The summed E-state index contributed by atoms with van der Waals surface area (Å²) < 4.78 is 5.38. The van der Waals surface area contributed by atoms with Crippen molar-refractivity contribution in [1.82, 2.24) is 9.97 Å². The molecule has 2 rings (SSSR count). The van der Waals surface area contributed by atoms with Gasteiger partial charge < -0.3 is 10.2 Å². The zero-order chi connectivity index (χ0) is 12.1. The fourth-order valence-corrected chi connectivity index (χ4v) is 1.53. The number of nitrogens with one attached hydrogen (secondary N) is 1. The number of hydrazine groups is 1. The summed E-state index contributed by atoms with van der Waals surface area (Å²) in [7, 11) is 0. The van der Waals surface area contributed by atoms with Crippen LogP contribution in [0, 0.1) is 0 Å². The lowest BCUT2D eigenvalue weighted by Gasteiger charge is -2.07. The lowest BCUT2D eigenvalue weighted by Crippen LogP contribution is -2.10. The van der Waals surface area contributed by atoms with Crippen LogP contribution >= 0.6 is 0 Å². The van der Waals surface area contributed by atoms with Gasteiger partial charge in [0.05, 0.1) is 6.61 Å². The summed E-state index contributed by atoms with van der Waals surface area (Å²) in [6, 6.07) is 7.65. The van der Waals surface area contributed by atoms with Gasteiger partial charge in [0.15, 0.2) is 5.82 Å². The van der Waals surface area contributed by atoms with Crippen LogP contribution in [-0.4, -0.2) is 16.6 Å². The molecule has 0 radical (unpaired) electrons. The van der Waals surface area contributed by atoms with E-state index < -0.39 is 0 Å². The van der Waals surface area contributed by atoms with Crippen LogP contribution in [0.1, 0.15) is 6.92 Å². The first kappa shape index (κ1) is 11.3. The van der Waals surface area contributed by atoms with Gasteiger partial charge in [0.1, 0.15) is 11.4 Å². The van der Waals surface area contributed by atoms with E-state index in [4.69, 9.17) is 10.6 Å². The molecule has 0 bridgehead atoms. The number of nitrogens with two attached hydrogens (primary N) is 1. The number of ether oxygens (including phenoxy) is 1. The summed E-state index contributed by atoms with van der Waals surface area (Å²) in [6.07, 6.45) is 3.22. The first-order valence-corrected chi connectivity index (χ1v) is 5.36. The predicted molar refractivity (Wildman–Crippen MR) is 66.4 cm³/mol. The second-order valence-corrected chi connectivity index (χ2v) is 3.36. The van der Waals surface area contributed by atoms with Gasteiger partial charge in [-0.3, -0.25) is 4.98 Å². The molecule has 5 heteroatoms. The highest BCUT2D eigenvalue weighted by atomic mass is 16.5. The summed E-state index contributed by atoms with van der Waals surface area (Å²) in [5.74, 6) is 6.78. The van der Waals surface area contributed by atoms with E-state index in [0.29, 0.717) is 12.4 Å². The van der Waals surface area contributed by atoms with Crippen LogP contribution < -0.4 is 16.0 Å². The van der Waals surface area contributed by atoms with Crippen LogP contribution in [0.15, 0.2) is 36.7 Å². The first-order chi connectivity index (χ1) is 8.35. The van der Waals surface area contributed by atoms with Crippen molar-refractivity contribution in [3.63, 3.8) is 0 Å². The molecule has 0 spiro atoms. The standard InChI is InChI=1S/C12H14N4O/c1-2-17-10-5-3-9(4-6-10)11-12(16-13)15-8-7-14-11/h3-8H,2,13H2,1H3,(H,15,16). The largest absolute Gasteiger partial charge is 0.494 e. The van der Waals surface area contributed by atoms with E-state index in [-0.39, 0.29) is 0 Å². The Labute approximate surface area is 99.6 Å². The molecule has 88 valence electrons. The highest BCUT2D eigenvalue weighted by Crippen LogP contribution is 2.24. The number of hydrogen-bond donors (Lipinski definition) is 2. The first-order valence-electron chi connectivity index (χ1n) is 5.36. The van der Waals surface area contributed by atoms with Crippen molar-refractivity contribution in [2.24, 2.45) is 5.84 Å². The van der Waals surface area contributed by atoms with Gasteiger partial charge in [0.25, 0.3) is 0 Å². The predicted octanol–water partition coefficient (Wildman–Crippen LogP) is 1.83. The van der Waals surface area contributed by atoms with E-state index in [0.717, 1.165) is 17.0 Å². The molecule has 0 aliphatic heterocycles. The molecule has 1 aromatic carbocycles. The number of aromatic nitrogens is 2. The van der Waals surface area contributed by atoms with Crippen molar-refractivity contribution >= 4 is 5.82 Å². The van der Waals surface area contributed by atoms with E-state index in [2.05, 4.69) is 15.4 Å². The molecular formula is C12H14N4O. The molecule has 3 N–H and O–H groups in total. The van der Waals surface area contributed by atoms with Crippen LogP contribution in [0.2, 0.25) is 0 Å². The highest BCUT2D eigenvalue weighted by molar-refractivity contribution is 5.71. The van der Waals surface area contributed by atoms with E-state index in [1.165, 1.54) is 0 Å². The summed E-state index contributed by atoms with van der Waals surface area (Å²) in [4.78, 5) is 8.35. The van der Waals surface area contributed by atoms with Crippen molar-refractivity contribution in [2.75, 3.05) is 12.0 Å². The lowest BCUT2D eigenvalue weighted by molar-refractivity contribution is 0.340. The normalized spacial score (nSPS) is 10.0. The molecule has 17 heavy (non-hydrogen) atoms. The SMILES string of the molecule is CCOc1ccc(-c2nccnc2NN)cc1. The maximum atomic E-state index is 5.39. The van der Waals surface area contributed by atoms with Crippen molar-refractivity contribution < 1.29 is 4.74 Å². The summed E-state index contributed by atoms with van der Waals surface area (Å²) in [5.41, 5.74) is 4.19. The van der Waals surface area contributed by atoms with Crippen LogP contribution in [0.3, 0.4) is 0 Å². The molecule has 0 amide bonds. The fourth-order valence-electron chi connectivity index (χ4n) is 1.53. The van der Waals surface area contributed by atoms with Crippen molar-refractivity contribution in [3.05, 3.63) is 36.7 Å². The third kappa shape index (κ3) is 2.51. The lowest BCUT2D eigenvalue weighted by atomic mass is 10.1. The summed E-state index contributed by atoms with van der Waals surface area (Å²) in [5, 5.41) is 0. The Balaban J connectivity index is 2.33. The number of rotatable bonds is 4. The van der Waals surface area contributed by atoms with Crippen LogP contribution in [-0.2, 0) is 0 Å². The molecule has 0 unspecified atom stereocenters. The van der Waals surface area contributed by atoms with E-state index in [9.17, 15) is 0 Å². The van der Waals surface area contributed by atoms with Gasteiger partial charge in [0, 0.05) is 18.0 Å². The third-order valence-electron chi connectivity index (χ3n) is 2.27. The van der Waals surface area contributed by atoms with Crippen molar-refractivity contribution in [3.8, 4) is 17.0 Å². The molecule has 1 heterocycles. The van der Waals surface area contributed by atoms with E-state index in [1.54, 1.807) is 12.4 Å². The highest BCUT2D eigenvalue weighted by Gasteiger charge is 2.06. The number of anilines is 1. The summed E-state index contributed by atoms with van der Waals surface area (Å²) in [6.45, 7) is 2.60.